The molecule has 2 heteroatoms. The molecule has 2 nitrogen and oxygen atoms in total. The Hall–Kier alpha value is -1.57. The summed E-state index contributed by atoms with van der Waals surface area (Å²) in [6.45, 7) is 6.74. The molecule has 0 aliphatic carbocycles. The molecule has 136 valence electrons. The van der Waals surface area contributed by atoms with Gasteiger partial charge in [0.1, 0.15) is 0 Å². The van der Waals surface area contributed by atoms with E-state index in [1.54, 1.807) is 13.0 Å². The number of hydrogen-bond donors (Lipinski definition) is 0. The zero-order chi connectivity index (χ0) is 23.5. The SMILES string of the molecule is [2H]/C(C(=O)OCC)=C(/C([2H])([2H])[2H])C([2H])([2H])C/C=C(\C)CC/C=C(\C)CCC=C(C)C. The molecule has 0 aliphatic rings. The number of rotatable bonds is 11. The first-order chi connectivity index (χ1) is 13.7. The van der Waals surface area contributed by atoms with Gasteiger partial charge in [0.25, 0.3) is 0 Å². The first-order valence-corrected chi connectivity index (χ1v) is 8.56. The first kappa shape index (κ1) is 13.7. The van der Waals surface area contributed by atoms with Gasteiger partial charge in [0.15, 0.2) is 0 Å². The highest BCUT2D eigenvalue weighted by molar-refractivity contribution is 5.82. The fourth-order valence-electron chi connectivity index (χ4n) is 1.98. The monoisotopic (exact) mass is 338 g/mol. The summed E-state index contributed by atoms with van der Waals surface area (Å²) in [6, 6.07) is -0.928. The summed E-state index contributed by atoms with van der Waals surface area (Å²) in [7, 11) is 0. The number of carbonyl (C=O) groups is 1. The third-order valence-corrected chi connectivity index (χ3v) is 3.35. The Morgan fingerprint density at radius 2 is 1.58 bits per heavy atom. The van der Waals surface area contributed by atoms with Gasteiger partial charge in [0.2, 0.25) is 0 Å². The van der Waals surface area contributed by atoms with E-state index in [0.717, 1.165) is 31.3 Å². The molecule has 0 aromatic carbocycles. The standard InChI is InChI=1S/C22H36O2/c1-7-24-22(23)17-21(6)16-10-15-20(5)14-9-13-19(4)12-8-11-18(2)3/h11,13,15,17H,7-10,12,14,16H2,1-6H3/b19-13+,20-15+,21-17+/i6D3,16D2,17D. The van der Waals surface area contributed by atoms with E-state index in [-0.39, 0.29) is 13.0 Å². The lowest BCUT2D eigenvalue weighted by Gasteiger charge is -2.03. The van der Waals surface area contributed by atoms with Gasteiger partial charge in [-0.1, -0.05) is 40.5 Å². The summed E-state index contributed by atoms with van der Waals surface area (Å²) in [5.41, 5.74) is 2.73. The summed E-state index contributed by atoms with van der Waals surface area (Å²) >= 11 is 0. The van der Waals surface area contributed by atoms with Crippen LogP contribution in [0.2, 0.25) is 0 Å². The molecule has 0 heterocycles. The third-order valence-electron chi connectivity index (χ3n) is 3.35. The minimum atomic E-state index is -2.90. The second-order valence-electron chi connectivity index (χ2n) is 6.06. The van der Waals surface area contributed by atoms with E-state index in [9.17, 15) is 4.79 Å². The predicted octanol–water partition coefficient (Wildman–Crippen LogP) is 6.70. The Kier molecular flexibility index (Phi) is 7.89. The molecule has 0 bridgehead atoms. The number of ether oxygens (including phenoxy) is 1. The van der Waals surface area contributed by atoms with Crippen molar-refractivity contribution in [2.75, 3.05) is 6.61 Å². The number of hydrogen-bond acceptors (Lipinski definition) is 2. The van der Waals surface area contributed by atoms with Crippen LogP contribution in [-0.2, 0) is 9.53 Å². The Bertz CT molecular complexity index is 693. The van der Waals surface area contributed by atoms with Gasteiger partial charge in [-0.2, -0.15) is 0 Å². The molecule has 0 N–H and O–H groups in total. The molecule has 24 heavy (non-hydrogen) atoms. The van der Waals surface area contributed by atoms with Gasteiger partial charge in [0.05, 0.1) is 7.98 Å². The molecular formula is C22H36O2. The van der Waals surface area contributed by atoms with Crippen molar-refractivity contribution < 1.29 is 17.8 Å². The zero-order valence-electron chi connectivity index (χ0n) is 21.8. The Morgan fingerprint density at radius 1 is 1.00 bits per heavy atom. The third kappa shape index (κ3) is 14.0. The summed E-state index contributed by atoms with van der Waals surface area (Å²) in [4.78, 5) is 11.8. The molecular weight excluding hydrogens is 296 g/mol. The van der Waals surface area contributed by atoms with Crippen LogP contribution in [0, 0.1) is 0 Å². The molecule has 0 aromatic rings. The van der Waals surface area contributed by atoms with E-state index in [2.05, 4.69) is 32.9 Å². The summed E-state index contributed by atoms with van der Waals surface area (Å²) in [5.74, 6) is -1.12. The fraction of sp³-hybridized carbons (Fsp3) is 0.591. The first-order valence-electron chi connectivity index (χ1n) is 11.6. The van der Waals surface area contributed by atoms with Crippen molar-refractivity contribution >= 4 is 5.97 Å². The van der Waals surface area contributed by atoms with Crippen molar-refractivity contribution in [3.63, 3.8) is 0 Å². The molecule has 0 radical (unpaired) electrons. The van der Waals surface area contributed by atoms with Crippen LogP contribution >= 0.6 is 0 Å². The maximum atomic E-state index is 11.8. The number of esters is 1. The Labute approximate surface area is 157 Å². The lowest BCUT2D eigenvalue weighted by Crippen LogP contribution is -2.00. The van der Waals surface area contributed by atoms with Crippen LogP contribution in [0.3, 0.4) is 0 Å². The lowest BCUT2D eigenvalue weighted by molar-refractivity contribution is -0.137. The molecule has 0 aliphatic heterocycles. The van der Waals surface area contributed by atoms with Crippen molar-refractivity contribution in [2.45, 2.75) is 79.9 Å². The molecule has 0 aromatic heterocycles. The number of allylic oxidation sites excluding steroid dienone is 7. The van der Waals surface area contributed by atoms with Crippen LogP contribution in [0.1, 0.15) is 88.2 Å². The Morgan fingerprint density at radius 3 is 2.12 bits per heavy atom. The van der Waals surface area contributed by atoms with Gasteiger partial charge in [-0.15, -0.1) is 0 Å². The average molecular weight is 339 g/mol. The quantitative estimate of drug-likeness (QED) is 0.238. The van der Waals surface area contributed by atoms with Crippen molar-refractivity contribution in [1.82, 2.24) is 0 Å². The molecule has 0 saturated carbocycles. The minimum Gasteiger partial charge on any atom is -0.463 e. The Balaban J connectivity index is 5.18. The largest absolute Gasteiger partial charge is 0.463 e. The second-order valence-corrected chi connectivity index (χ2v) is 6.06. The van der Waals surface area contributed by atoms with E-state index < -0.39 is 30.8 Å². The van der Waals surface area contributed by atoms with Gasteiger partial charge in [0, 0.05) is 12.9 Å². The summed E-state index contributed by atoms with van der Waals surface area (Å²) in [6.07, 6.45) is 7.01. The molecule has 0 atom stereocenters. The van der Waals surface area contributed by atoms with Gasteiger partial charge in [-0.25, -0.2) is 4.79 Å². The molecule has 0 amide bonds. The van der Waals surface area contributed by atoms with Crippen molar-refractivity contribution in [3.8, 4) is 0 Å². The highest BCUT2D eigenvalue weighted by atomic mass is 16.5. The molecule has 0 spiro atoms. The van der Waals surface area contributed by atoms with Crippen LogP contribution < -0.4 is 0 Å². The topological polar surface area (TPSA) is 26.3 Å². The minimum absolute atomic E-state index is 0.0151. The molecule has 0 fully saturated rings. The zero-order valence-corrected chi connectivity index (χ0v) is 15.8. The molecule has 0 unspecified atom stereocenters. The van der Waals surface area contributed by atoms with Crippen LogP contribution in [-0.4, -0.2) is 12.6 Å². The number of carbonyl (C=O) groups excluding carboxylic acids is 1. The normalized spacial score (nSPS) is 18.2. The van der Waals surface area contributed by atoms with Crippen molar-refractivity contribution in [2.24, 2.45) is 0 Å². The highest BCUT2D eigenvalue weighted by Crippen LogP contribution is 2.13. The van der Waals surface area contributed by atoms with Gasteiger partial charge < -0.3 is 4.74 Å². The average Bonchev–Trinajstić information content (AvgIpc) is 2.58. The van der Waals surface area contributed by atoms with Crippen LogP contribution in [0.15, 0.2) is 46.6 Å². The van der Waals surface area contributed by atoms with E-state index in [1.165, 1.54) is 11.1 Å². The van der Waals surface area contributed by atoms with E-state index in [4.69, 9.17) is 13.0 Å². The van der Waals surface area contributed by atoms with Crippen molar-refractivity contribution in [1.29, 1.82) is 0 Å². The van der Waals surface area contributed by atoms with Gasteiger partial charge in [-0.05, 0) is 79.9 Å². The van der Waals surface area contributed by atoms with Crippen LogP contribution in [0.4, 0.5) is 0 Å². The predicted molar refractivity (Wildman–Crippen MR) is 105 cm³/mol. The second kappa shape index (κ2) is 13.8. The van der Waals surface area contributed by atoms with E-state index in [1.807, 2.05) is 6.92 Å². The highest BCUT2D eigenvalue weighted by Gasteiger charge is 1.98. The summed E-state index contributed by atoms with van der Waals surface area (Å²) < 4.78 is 51.7. The summed E-state index contributed by atoms with van der Waals surface area (Å²) in [5, 5.41) is 0. The maximum Gasteiger partial charge on any atom is 0.330 e. The van der Waals surface area contributed by atoms with Gasteiger partial charge in [-0.3, -0.25) is 0 Å². The molecule has 0 rings (SSSR count). The van der Waals surface area contributed by atoms with E-state index in [0.29, 0.717) is 0 Å². The van der Waals surface area contributed by atoms with E-state index >= 15 is 0 Å². The van der Waals surface area contributed by atoms with Crippen LogP contribution in [0.5, 0.6) is 0 Å². The maximum absolute atomic E-state index is 11.8. The molecule has 0 saturated heterocycles. The van der Waals surface area contributed by atoms with Crippen molar-refractivity contribution in [3.05, 3.63) is 46.6 Å². The van der Waals surface area contributed by atoms with Crippen LogP contribution in [0.25, 0.3) is 0 Å². The fourth-order valence-corrected chi connectivity index (χ4v) is 1.98. The smallest absolute Gasteiger partial charge is 0.330 e. The lowest BCUT2D eigenvalue weighted by atomic mass is 10.0. The van der Waals surface area contributed by atoms with Gasteiger partial charge >= 0.3 is 5.97 Å².